The van der Waals surface area contributed by atoms with Crippen LogP contribution >= 0.6 is 15.9 Å². The molecule has 0 saturated carbocycles. The van der Waals surface area contributed by atoms with Gasteiger partial charge in [0.2, 0.25) is 0 Å². The minimum Gasteiger partial charge on any atom is -0.493 e. The summed E-state index contributed by atoms with van der Waals surface area (Å²) in [7, 11) is 0. The zero-order valence-corrected chi connectivity index (χ0v) is 16.0. The van der Waals surface area contributed by atoms with E-state index in [2.05, 4.69) is 33.0 Å². The van der Waals surface area contributed by atoms with E-state index in [1.54, 1.807) is 0 Å². The van der Waals surface area contributed by atoms with Crippen molar-refractivity contribution in [2.75, 3.05) is 6.61 Å². The number of carboxylic acid groups (broad SMARTS) is 1. The van der Waals surface area contributed by atoms with Crippen LogP contribution in [-0.4, -0.2) is 22.7 Å². The van der Waals surface area contributed by atoms with Crippen molar-refractivity contribution in [3.05, 3.63) is 51.5 Å². The molecule has 0 saturated heterocycles. The summed E-state index contributed by atoms with van der Waals surface area (Å²) in [6.45, 7) is 6.53. The Morgan fingerprint density at radius 1 is 1.24 bits per heavy atom. The number of hydrogen-bond acceptors (Lipinski definition) is 2. The number of aliphatic carboxylic acids is 1. The molecular weight excluding hydrogens is 382 g/mol. The van der Waals surface area contributed by atoms with Crippen LogP contribution in [0, 0.1) is 13.8 Å². The Hall–Kier alpha value is -2.27. The van der Waals surface area contributed by atoms with Crippen LogP contribution in [-0.2, 0) is 11.2 Å². The number of aromatic nitrogens is 1. The monoisotopic (exact) mass is 401 g/mol. The van der Waals surface area contributed by atoms with Gasteiger partial charge in [0.25, 0.3) is 0 Å². The first-order valence-electron chi connectivity index (χ1n) is 8.17. The fourth-order valence-electron chi connectivity index (χ4n) is 3.34. The molecule has 0 fully saturated rings. The first-order chi connectivity index (χ1) is 11.9. The first-order valence-corrected chi connectivity index (χ1v) is 8.96. The number of aryl methyl sites for hydroxylation is 2. The lowest BCUT2D eigenvalue weighted by Gasteiger charge is -2.11. The zero-order chi connectivity index (χ0) is 18.1. The van der Waals surface area contributed by atoms with Gasteiger partial charge in [0, 0.05) is 20.9 Å². The molecular formula is C20H20BrNO3. The number of aromatic amines is 1. The molecule has 5 heteroatoms. The van der Waals surface area contributed by atoms with Gasteiger partial charge in [0.15, 0.2) is 0 Å². The van der Waals surface area contributed by atoms with E-state index in [0.29, 0.717) is 6.61 Å². The molecule has 0 aliphatic heterocycles. The number of carbonyl (C=O) groups is 1. The summed E-state index contributed by atoms with van der Waals surface area (Å²) >= 11 is 3.50. The van der Waals surface area contributed by atoms with Crippen molar-refractivity contribution in [3.63, 3.8) is 0 Å². The van der Waals surface area contributed by atoms with Crippen LogP contribution < -0.4 is 4.74 Å². The van der Waals surface area contributed by atoms with Crippen LogP contribution in [0.5, 0.6) is 5.75 Å². The van der Waals surface area contributed by atoms with Crippen molar-refractivity contribution < 1.29 is 14.6 Å². The largest absolute Gasteiger partial charge is 0.493 e. The van der Waals surface area contributed by atoms with Gasteiger partial charge in [-0.25, -0.2) is 0 Å². The second kappa shape index (κ2) is 6.92. The van der Waals surface area contributed by atoms with Gasteiger partial charge in [-0.3, -0.25) is 4.79 Å². The lowest BCUT2D eigenvalue weighted by molar-refractivity contribution is -0.136. The molecule has 0 amide bonds. The predicted molar refractivity (Wildman–Crippen MR) is 103 cm³/mol. The fourth-order valence-corrected chi connectivity index (χ4v) is 3.70. The van der Waals surface area contributed by atoms with E-state index < -0.39 is 5.97 Å². The van der Waals surface area contributed by atoms with Crippen LogP contribution in [0.15, 0.2) is 34.8 Å². The molecule has 0 aliphatic carbocycles. The minimum absolute atomic E-state index is 0.0443. The Kier molecular flexibility index (Phi) is 4.86. The number of benzene rings is 2. The number of hydrogen-bond donors (Lipinski definition) is 2. The maximum atomic E-state index is 11.5. The van der Waals surface area contributed by atoms with Gasteiger partial charge in [0.05, 0.1) is 18.7 Å². The molecule has 0 atom stereocenters. The van der Waals surface area contributed by atoms with Gasteiger partial charge in [-0.05, 0) is 61.7 Å². The third kappa shape index (κ3) is 3.42. The van der Waals surface area contributed by atoms with Gasteiger partial charge in [-0.1, -0.05) is 22.0 Å². The molecule has 130 valence electrons. The SMILES string of the molecule is CCOc1ccc(Br)cc1-c1[nH]c2cc(C)cc(C)c2c1CC(=O)O. The second-order valence-corrected chi connectivity index (χ2v) is 7.04. The second-order valence-electron chi connectivity index (χ2n) is 6.13. The first kappa shape index (κ1) is 17.5. The van der Waals surface area contributed by atoms with E-state index in [1.807, 2.05) is 39.0 Å². The molecule has 3 rings (SSSR count). The van der Waals surface area contributed by atoms with E-state index >= 15 is 0 Å². The summed E-state index contributed by atoms with van der Waals surface area (Å²) in [6.07, 6.45) is -0.0443. The van der Waals surface area contributed by atoms with Crippen molar-refractivity contribution in [3.8, 4) is 17.0 Å². The van der Waals surface area contributed by atoms with E-state index in [0.717, 1.165) is 49.1 Å². The average Bonchev–Trinajstić information content (AvgIpc) is 2.87. The average molecular weight is 402 g/mol. The smallest absolute Gasteiger partial charge is 0.307 e. The topological polar surface area (TPSA) is 62.3 Å². The van der Waals surface area contributed by atoms with E-state index in [1.165, 1.54) is 0 Å². The molecule has 25 heavy (non-hydrogen) atoms. The Morgan fingerprint density at radius 3 is 2.68 bits per heavy atom. The van der Waals surface area contributed by atoms with Crippen LogP contribution in [0.3, 0.4) is 0 Å². The number of H-pyrrole nitrogens is 1. The standard InChI is InChI=1S/C20H20BrNO3/c1-4-25-17-6-5-13(21)9-14(17)20-15(10-18(23)24)19-12(3)7-11(2)8-16(19)22-20/h5-9,22H,4,10H2,1-3H3,(H,23,24). The van der Waals surface area contributed by atoms with E-state index in [-0.39, 0.29) is 6.42 Å². The highest BCUT2D eigenvalue weighted by molar-refractivity contribution is 9.10. The lowest BCUT2D eigenvalue weighted by Crippen LogP contribution is -2.02. The molecule has 0 aliphatic rings. The summed E-state index contributed by atoms with van der Waals surface area (Å²) in [5.41, 5.74) is 5.61. The van der Waals surface area contributed by atoms with Gasteiger partial charge < -0.3 is 14.8 Å². The molecule has 3 aromatic rings. The van der Waals surface area contributed by atoms with E-state index in [9.17, 15) is 9.90 Å². The third-order valence-electron chi connectivity index (χ3n) is 4.18. The molecule has 0 bridgehead atoms. The summed E-state index contributed by atoms with van der Waals surface area (Å²) < 4.78 is 6.68. The molecule has 2 N–H and O–H groups in total. The van der Waals surface area contributed by atoms with Crippen LogP contribution in [0.1, 0.15) is 23.6 Å². The van der Waals surface area contributed by atoms with Crippen molar-refractivity contribution >= 4 is 32.8 Å². The zero-order valence-electron chi connectivity index (χ0n) is 14.4. The minimum atomic E-state index is -0.852. The highest BCUT2D eigenvalue weighted by Gasteiger charge is 2.20. The van der Waals surface area contributed by atoms with Crippen molar-refractivity contribution in [2.24, 2.45) is 0 Å². The van der Waals surface area contributed by atoms with Gasteiger partial charge in [0.1, 0.15) is 5.75 Å². The summed E-state index contributed by atoms with van der Waals surface area (Å²) in [6, 6.07) is 9.91. The van der Waals surface area contributed by atoms with Crippen LogP contribution in [0.4, 0.5) is 0 Å². The summed E-state index contributed by atoms with van der Waals surface area (Å²) in [4.78, 5) is 14.9. The quantitative estimate of drug-likeness (QED) is 0.614. The van der Waals surface area contributed by atoms with Crippen molar-refractivity contribution in [1.29, 1.82) is 0 Å². The Morgan fingerprint density at radius 2 is 2.00 bits per heavy atom. The molecule has 0 unspecified atom stereocenters. The van der Waals surface area contributed by atoms with Crippen molar-refractivity contribution in [2.45, 2.75) is 27.2 Å². The molecule has 1 aromatic heterocycles. The molecule has 4 nitrogen and oxygen atoms in total. The highest BCUT2D eigenvalue weighted by Crippen LogP contribution is 2.39. The number of fused-ring (bicyclic) bond motifs is 1. The number of rotatable bonds is 5. The molecule has 1 heterocycles. The Bertz CT molecular complexity index is 959. The molecule has 0 spiro atoms. The van der Waals surface area contributed by atoms with Crippen LogP contribution in [0.25, 0.3) is 22.2 Å². The summed E-state index contributed by atoms with van der Waals surface area (Å²) in [5, 5.41) is 10.4. The summed E-state index contributed by atoms with van der Waals surface area (Å²) in [5.74, 6) is -0.117. The van der Waals surface area contributed by atoms with Crippen molar-refractivity contribution in [1.82, 2.24) is 4.98 Å². The number of ether oxygens (including phenoxy) is 1. The normalized spacial score (nSPS) is 11.0. The number of halogens is 1. The van der Waals surface area contributed by atoms with Gasteiger partial charge in [-0.2, -0.15) is 0 Å². The maximum absolute atomic E-state index is 11.5. The Labute approximate surface area is 155 Å². The molecule has 2 aromatic carbocycles. The molecule has 0 radical (unpaired) electrons. The number of carboxylic acids is 1. The van der Waals surface area contributed by atoms with Gasteiger partial charge >= 0.3 is 5.97 Å². The third-order valence-corrected chi connectivity index (χ3v) is 4.68. The highest BCUT2D eigenvalue weighted by atomic mass is 79.9. The lowest BCUT2D eigenvalue weighted by atomic mass is 9.98. The predicted octanol–water partition coefficient (Wildman–Crippen LogP) is 5.24. The number of nitrogens with one attached hydrogen (secondary N) is 1. The van der Waals surface area contributed by atoms with Crippen LogP contribution in [0.2, 0.25) is 0 Å². The van der Waals surface area contributed by atoms with E-state index in [4.69, 9.17) is 4.74 Å². The van der Waals surface area contributed by atoms with Gasteiger partial charge in [-0.15, -0.1) is 0 Å². The maximum Gasteiger partial charge on any atom is 0.307 e. The fraction of sp³-hybridized carbons (Fsp3) is 0.250. The Balaban J connectivity index is 2.34.